The standard InChI is InChI=1S/C21H34N4O.HI/c1-5-22-21(23-14-16(2)24(3)19-8-9-19)25-13-12-18(15-25)17-6-10-20(26-4)11-7-17;/h6-7,10-11,16,18-19H,5,8-9,12-15H2,1-4H3,(H,22,23);1H. The Morgan fingerprint density at radius 2 is 2.00 bits per heavy atom. The third kappa shape index (κ3) is 5.98. The number of hydrogen-bond donors (Lipinski definition) is 1. The van der Waals surface area contributed by atoms with Crippen LogP contribution in [0.15, 0.2) is 29.3 Å². The van der Waals surface area contributed by atoms with Crippen molar-refractivity contribution in [1.82, 2.24) is 15.1 Å². The van der Waals surface area contributed by atoms with Crippen molar-refractivity contribution < 1.29 is 4.74 Å². The zero-order chi connectivity index (χ0) is 18.5. The first-order chi connectivity index (χ1) is 12.6. The Hall–Kier alpha value is -1.02. The van der Waals surface area contributed by atoms with E-state index in [2.05, 4.69) is 60.3 Å². The zero-order valence-corrected chi connectivity index (χ0v) is 19.5. The molecule has 2 aliphatic rings. The molecule has 1 N–H and O–H groups in total. The maximum atomic E-state index is 5.27. The van der Waals surface area contributed by atoms with Crippen LogP contribution in [-0.4, -0.2) is 68.2 Å². The summed E-state index contributed by atoms with van der Waals surface area (Å²) in [5.41, 5.74) is 1.39. The summed E-state index contributed by atoms with van der Waals surface area (Å²) in [5, 5.41) is 3.49. The van der Waals surface area contributed by atoms with Crippen molar-refractivity contribution in [1.29, 1.82) is 0 Å². The van der Waals surface area contributed by atoms with Gasteiger partial charge in [-0.15, -0.1) is 24.0 Å². The quantitative estimate of drug-likeness (QED) is 0.364. The molecule has 0 aromatic heterocycles. The Bertz CT molecular complexity index is 603. The first-order valence-corrected chi connectivity index (χ1v) is 10.0. The van der Waals surface area contributed by atoms with Gasteiger partial charge in [-0.2, -0.15) is 0 Å². The van der Waals surface area contributed by atoms with E-state index in [4.69, 9.17) is 9.73 Å². The van der Waals surface area contributed by atoms with Gasteiger partial charge < -0.3 is 15.0 Å². The van der Waals surface area contributed by atoms with Gasteiger partial charge in [0.15, 0.2) is 5.96 Å². The summed E-state index contributed by atoms with van der Waals surface area (Å²) in [6.45, 7) is 8.30. The molecule has 2 atom stereocenters. The van der Waals surface area contributed by atoms with Crippen LogP contribution in [0.25, 0.3) is 0 Å². The number of rotatable bonds is 7. The minimum absolute atomic E-state index is 0. The molecule has 6 heteroatoms. The lowest BCUT2D eigenvalue weighted by Gasteiger charge is -2.25. The number of halogens is 1. The topological polar surface area (TPSA) is 40.1 Å². The molecule has 0 amide bonds. The predicted molar refractivity (Wildman–Crippen MR) is 124 cm³/mol. The van der Waals surface area contributed by atoms with Crippen LogP contribution in [0.4, 0.5) is 0 Å². The number of hydrogen-bond acceptors (Lipinski definition) is 3. The van der Waals surface area contributed by atoms with E-state index in [1.807, 2.05) is 0 Å². The molecule has 5 nitrogen and oxygen atoms in total. The van der Waals surface area contributed by atoms with Crippen LogP contribution in [-0.2, 0) is 0 Å². The summed E-state index contributed by atoms with van der Waals surface area (Å²) in [6, 6.07) is 9.80. The number of nitrogens with zero attached hydrogens (tertiary/aromatic N) is 3. The molecule has 152 valence electrons. The van der Waals surface area contributed by atoms with Crippen LogP contribution in [0.5, 0.6) is 5.75 Å². The third-order valence-electron chi connectivity index (χ3n) is 5.73. The number of likely N-dealkylation sites (N-methyl/N-ethyl adjacent to an activating group) is 1. The Kier molecular flexibility index (Phi) is 8.66. The SMILES string of the molecule is CCNC(=NCC(C)N(C)C1CC1)N1CCC(c2ccc(OC)cc2)C1.I. The molecule has 1 heterocycles. The van der Waals surface area contributed by atoms with E-state index in [-0.39, 0.29) is 24.0 Å². The Balaban J connectivity index is 0.00000261. The molecular weight excluding hydrogens is 451 g/mol. The van der Waals surface area contributed by atoms with E-state index in [9.17, 15) is 0 Å². The molecule has 0 radical (unpaired) electrons. The summed E-state index contributed by atoms with van der Waals surface area (Å²) in [5.74, 6) is 2.56. The molecule has 2 fully saturated rings. The van der Waals surface area contributed by atoms with Crippen molar-refractivity contribution in [3.63, 3.8) is 0 Å². The number of benzene rings is 1. The molecule has 1 aromatic rings. The summed E-state index contributed by atoms with van der Waals surface area (Å²) in [6.07, 6.45) is 3.87. The summed E-state index contributed by atoms with van der Waals surface area (Å²) in [7, 11) is 3.95. The Morgan fingerprint density at radius 3 is 2.59 bits per heavy atom. The average molecular weight is 486 g/mol. The largest absolute Gasteiger partial charge is 0.497 e. The molecule has 2 unspecified atom stereocenters. The highest BCUT2D eigenvalue weighted by molar-refractivity contribution is 14.0. The van der Waals surface area contributed by atoms with Gasteiger partial charge >= 0.3 is 0 Å². The van der Waals surface area contributed by atoms with Crippen molar-refractivity contribution in [2.45, 2.75) is 51.1 Å². The fourth-order valence-corrected chi connectivity index (χ4v) is 3.72. The maximum absolute atomic E-state index is 5.27. The van der Waals surface area contributed by atoms with Crippen LogP contribution in [0.1, 0.15) is 44.6 Å². The van der Waals surface area contributed by atoms with Gasteiger partial charge in [0.05, 0.1) is 13.7 Å². The summed E-state index contributed by atoms with van der Waals surface area (Å²) in [4.78, 5) is 9.85. The van der Waals surface area contributed by atoms with E-state index in [1.165, 1.54) is 24.8 Å². The van der Waals surface area contributed by atoms with Crippen molar-refractivity contribution in [2.24, 2.45) is 4.99 Å². The van der Waals surface area contributed by atoms with E-state index in [1.54, 1.807) is 7.11 Å². The normalized spacial score (nSPS) is 21.1. The summed E-state index contributed by atoms with van der Waals surface area (Å²) >= 11 is 0. The molecule has 1 saturated carbocycles. The second-order valence-electron chi connectivity index (χ2n) is 7.65. The fraction of sp³-hybridized carbons (Fsp3) is 0.667. The summed E-state index contributed by atoms with van der Waals surface area (Å²) < 4.78 is 5.27. The van der Waals surface area contributed by atoms with Crippen molar-refractivity contribution in [2.75, 3.05) is 40.3 Å². The number of likely N-dealkylation sites (tertiary alicyclic amines) is 1. The smallest absolute Gasteiger partial charge is 0.193 e. The lowest BCUT2D eigenvalue weighted by atomic mass is 9.98. The van der Waals surface area contributed by atoms with E-state index >= 15 is 0 Å². The molecule has 27 heavy (non-hydrogen) atoms. The van der Waals surface area contributed by atoms with Crippen LogP contribution in [0.3, 0.4) is 0 Å². The van der Waals surface area contributed by atoms with E-state index < -0.39 is 0 Å². The van der Waals surface area contributed by atoms with Crippen LogP contribution >= 0.6 is 24.0 Å². The van der Waals surface area contributed by atoms with Gasteiger partial charge in [0.2, 0.25) is 0 Å². The Labute approximate surface area is 181 Å². The monoisotopic (exact) mass is 486 g/mol. The minimum Gasteiger partial charge on any atom is -0.497 e. The Morgan fingerprint density at radius 1 is 1.30 bits per heavy atom. The molecule has 3 rings (SSSR count). The number of guanidine groups is 1. The molecule has 1 aliphatic carbocycles. The predicted octanol–water partition coefficient (Wildman–Crippen LogP) is 3.55. The highest BCUT2D eigenvalue weighted by Gasteiger charge is 2.29. The highest BCUT2D eigenvalue weighted by atomic mass is 127. The van der Waals surface area contributed by atoms with E-state index in [0.717, 1.165) is 43.9 Å². The van der Waals surface area contributed by atoms with Crippen LogP contribution < -0.4 is 10.1 Å². The van der Waals surface area contributed by atoms with Gasteiger partial charge in [-0.3, -0.25) is 9.89 Å². The van der Waals surface area contributed by atoms with Crippen LogP contribution in [0, 0.1) is 0 Å². The minimum atomic E-state index is 0. The van der Waals surface area contributed by atoms with Crippen molar-refractivity contribution in [3.8, 4) is 5.75 Å². The number of ether oxygens (including phenoxy) is 1. The first kappa shape index (κ1) is 22.3. The second kappa shape index (κ2) is 10.5. The lowest BCUT2D eigenvalue weighted by molar-refractivity contribution is 0.252. The highest BCUT2D eigenvalue weighted by Crippen LogP contribution is 2.29. The molecule has 1 aromatic carbocycles. The molecular formula is C21H35IN4O. The van der Waals surface area contributed by atoms with Gasteiger partial charge in [-0.25, -0.2) is 0 Å². The molecule has 0 bridgehead atoms. The lowest BCUT2D eigenvalue weighted by Crippen LogP contribution is -2.41. The number of methoxy groups -OCH3 is 1. The van der Waals surface area contributed by atoms with Crippen LogP contribution in [0.2, 0.25) is 0 Å². The average Bonchev–Trinajstić information content (AvgIpc) is 3.41. The number of aliphatic imine (C=N–C) groups is 1. The van der Waals surface area contributed by atoms with Gasteiger partial charge in [0.1, 0.15) is 5.75 Å². The van der Waals surface area contributed by atoms with Gasteiger partial charge in [-0.1, -0.05) is 12.1 Å². The fourth-order valence-electron chi connectivity index (χ4n) is 3.72. The van der Waals surface area contributed by atoms with E-state index in [0.29, 0.717) is 12.0 Å². The van der Waals surface area contributed by atoms with Crippen molar-refractivity contribution >= 4 is 29.9 Å². The van der Waals surface area contributed by atoms with Gasteiger partial charge in [0, 0.05) is 37.6 Å². The number of nitrogens with one attached hydrogen (secondary N) is 1. The van der Waals surface area contributed by atoms with Gasteiger partial charge in [-0.05, 0) is 57.9 Å². The zero-order valence-electron chi connectivity index (χ0n) is 17.1. The molecule has 1 saturated heterocycles. The molecule has 1 aliphatic heterocycles. The maximum Gasteiger partial charge on any atom is 0.193 e. The van der Waals surface area contributed by atoms with Crippen molar-refractivity contribution in [3.05, 3.63) is 29.8 Å². The third-order valence-corrected chi connectivity index (χ3v) is 5.73. The first-order valence-electron chi connectivity index (χ1n) is 10.0. The van der Waals surface area contributed by atoms with Gasteiger partial charge in [0.25, 0.3) is 0 Å². The second-order valence-corrected chi connectivity index (χ2v) is 7.65. The molecule has 0 spiro atoms.